The van der Waals surface area contributed by atoms with E-state index >= 15 is 0 Å². The molecule has 0 aliphatic carbocycles. The molecule has 0 fully saturated rings. The molecule has 0 amide bonds. The number of hydrogen-bond acceptors (Lipinski definition) is 5. The Morgan fingerprint density at radius 3 is 2.59 bits per heavy atom. The lowest BCUT2D eigenvalue weighted by Crippen LogP contribution is -2.24. The minimum atomic E-state index is -4.72. The topological polar surface area (TPSA) is 92.9 Å². The summed E-state index contributed by atoms with van der Waals surface area (Å²) in [5.74, 6) is -2.93. The first-order valence-corrected chi connectivity index (χ1v) is 6.02. The summed E-state index contributed by atoms with van der Waals surface area (Å²) in [4.78, 5) is 18.3. The Morgan fingerprint density at radius 1 is 1.32 bits per heavy atom. The molecule has 0 spiro atoms. The molecule has 2 aromatic rings. The molecule has 1 aliphatic rings. The molecular formula is C12H8F3N5O2. The highest BCUT2D eigenvalue weighted by Gasteiger charge is 2.39. The molecule has 0 unspecified atom stereocenters. The summed E-state index contributed by atoms with van der Waals surface area (Å²) in [5, 5.41) is 14.8. The van der Waals surface area contributed by atoms with Gasteiger partial charge in [0.05, 0.1) is 0 Å². The Morgan fingerprint density at radius 2 is 2.00 bits per heavy atom. The van der Waals surface area contributed by atoms with Gasteiger partial charge in [-0.25, -0.2) is 9.48 Å². The van der Waals surface area contributed by atoms with Crippen molar-refractivity contribution in [2.75, 3.05) is 5.32 Å². The minimum Gasteiger partial charge on any atom is -0.477 e. The Kier molecular flexibility index (Phi) is 3.08. The predicted octanol–water partition coefficient (Wildman–Crippen LogP) is 1.68. The van der Waals surface area contributed by atoms with Crippen molar-refractivity contribution >= 4 is 11.9 Å². The van der Waals surface area contributed by atoms with Crippen molar-refractivity contribution in [3.63, 3.8) is 0 Å². The van der Waals surface area contributed by atoms with Gasteiger partial charge in [-0.2, -0.15) is 18.2 Å². The zero-order valence-electron chi connectivity index (χ0n) is 10.7. The molecule has 0 saturated heterocycles. The van der Waals surface area contributed by atoms with Crippen molar-refractivity contribution in [2.45, 2.75) is 12.2 Å². The first-order valence-electron chi connectivity index (χ1n) is 6.02. The van der Waals surface area contributed by atoms with Gasteiger partial charge in [0, 0.05) is 12.4 Å². The maximum Gasteiger partial charge on any atom is 0.453 e. The van der Waals surface area contributed by atoms with Crippen LogP contribution in [0.1, 0.15) is 17.4 Å². The maximum absolute atomic E-state index is 12.8. The van der Waals surface area contributed by atoms with E-state index in [1.54, 1.807) is 12.1 Å². The second-order valence-corrected chi connectivity index (χ2v) is 4.44. The third-order valence-electron chi connectivity index (χ3n) is 3.00. The van der Waals surface area contributed by atoms with Crippen LogP contribution in [0, 0.1) is 0 Å². The van der Waals surface area contributed by atoms with Crippen molar-refractivity contribution < 1.29 is 23.1 Å². The third kappa shape index (κ3) is 2.38. The van der Waals surface area contributed by atoms with E-state index in [4.69, 9.17) is 5.11 Å². The van der Waals surface area contributed by atoms with Crippen LogP contribution in [0.4, 0.5) is 19.1 Å². The smallest absolute Gasteiger partial charge is 0.453 e. The van der Waals surface area contributed by atoms with Gasteiger partial charge in [0.15, 0.2) is 0 Å². The Balaban J connectivity index is 2.13. The standard InChI is InChI=1S/C12H8F3N5O2/c13-12(14,15)10-18-11-17-7(9(21)22)5-8(20(11)19-10)6-1-3-16-4-2-6/h1-5,8H,(H,21,22)(H,17,18,19)/t8-/m0/s1. The van der Waals surface area contributed by atoms with Crippen LogP contribution < -0.4 is 5.32 Å². The number of allylic oxidation sites excluding steroid dienone is 1. The predicted molar refractivity (Wildman–Crippen MR) is 66.7 cm³/mol. The molecule has 0 radical (unpaired) electrons. The number of carboxylic acids is 1. The van der Waals surface area contributed by atoms with E-state index in [-0.39, 0.29) is 11.6 Å². The maximum atomic E-state index is 12.8. The molecule has 0 bridgehead atoms. The summed E-state index contributed by atoms with van der Waals surface area (Å²) in [6.45, 7) is 0. The number of fused-ring (bicyclic) bond motifs is 1. The number of pyridine rings is 1. The van der Waals surface area contributed by atoms with E-state index in [1.807, 2.05) is 0 Å². The molecule has 0 saturated carbocycles. The van der Waals surface area contributed by atoms with E-state index in [0.29, 0.717) is 5.56 Å². The van der Waals surface area contributed by atoms with Crippen LogP contribution in [-0.2, 0) is 11.0 Å². The number of anilines is 1. The Labute approximate surface area is 121 Å². The normalized spacial score (nSPS) is 17.4. The van der Waals surface area contributed by atoms with Gasteiger partial charge >= 0.3 is 12.1 Å². The van der Waals surface area contributed by atoms with Crippen molar-refractivity contribution in [3.05, 3.63) is 47.7 Å². The van der Waals surface area contributed by atoms with Crippen molar-refractivity contribution in [1.29, 1.82) is 0 Å². The number of carbonyl (C=O) groups is 1. The lowest BCUT2D eigenvalue weighted by Gasteiger charge is -2.22. The van der Waals surface area contributed by atoms with Crippen LogP contribution in [0.2, 0.25) is 0 Å². The fourth-order valence-corrected chi connectivity index (χ4v) is 2.04. The van der Waals surface area contributed by atoms with Gasteiger partial charge < -0.3 is 10.4 Å². The van der Waals surface area contributed by atoms with E-state index in [1.165, 1.54) is 18.5 Å². The monoisotopic (exact) mass is 311 g/mol. The fraction of sp³-hybridized carbons (Fsp3) is 0.167. The molecule has 3 heterocycles. The lowest BCUT2D eigenvalue weighted by atomic mass is 10.1. The van der Waals surface area contributed by atoms with Gasteiger partial charge in [-0.1, -0.05) is 0 Å². The highest BCUT2D eigenvalue weighted by molar-refractivity contribution is 5.90. The summed E-state index contributed by atoms with van der Waals surface area (Å²) >= 11 is 0. The van der Waals surface area contributed by atoms with Gasteiger partial charge in [-0.15, -0.1) is 5.10 Å². The number of aliphatic carboxylic acids is 1. The molecule has 114 valence electrons. The average Bonchev–Trinajstić information content (AvgIpc) is 2.91. The summed E-state index contributed by atoms with van der Waals surface area (Å²) < 4.78 is 39.2. The molecule has 1 aliphatic heterocycles. The highest BCUT2D eigenvalue weighted by atomic mass is 19.4. The van der Waals surface area contributed by atoms with Crippen molar-refractivity contribution in [2.24, 2.45) is 0 Å². The van der Waals surface area contributed by atoms with E-state index < -0.39 is 24.0 Å². The quantitative estimate of drug-likeness (QED) is 0.876. The largest absolute Gasteiger partial charge is 0.477 e. The summed E-state index contributed by atoms with van der Waals surface area (Å²) in [6.07, 6.45) is -0.558. The van der Waals surface area contributed by atoms with Gasteiger partial charge in [-0.3, -0.25) is 4.98 Å². The van der Waals surface area contributed by atoms with Crippen LogP contribution in [0.5, 0.6) is 0 Å². The van der Waals surface area contributed by atoms with Crippen LogP contribution in [-0.4, -0.2) is 30.8 Å². The molecular weight excluding hydrogens is 303 g/mol. The van der Waals surface area contributed by atoms with Crippen LogP contribution in [0.3, 0.4) is 0 Å². The summed E-state index contributed by atoms with van der Waals surface area (Å²) in [7, 11) is 0. The van der Waals surface area contributed by atoms with E-state index in [9.17, 15) is 18.0 Å². The van der Waals surface area contributed by atoms with Crippen molar-refractivity contribution in [1.82, 2.24) is 19.7 Å². The van der Waals surface area contributed by atoms with E-state index in [2.05, 4.69) is 20.4 Å². The number of nitrogens with one attached hydrogen (secondary N) is 1. The first-order chi connectivity index (χ1) is 10.4. The molecule has 22 heavy (non-hydrogen) atoms. The van der Waals surface area contributed by atoms with Gasteiger partial charge in [0.1, 0.15) is 11.7 Å². The number of aromatic nitrogens is 4. The summed E-state index contributed by atoms with van der Waals surface area (Å²) in [5.41, 5.74) is 0.269. The number of rotatable bonds is 2. The Bertz CT molecular complexity index is 754. The first kappa shape index (κ1) is 14.0. The average molecular weight is 311 g/mol. The van der Waals surface area contributed by atoms with Crippen LogP contribution in [0.15, 0.2) is 36.3 Å². The molecule has 1 atom stereocenters. The summed E-state index contributed by atoms with van der Waals surface area (Å²) in [6, 6.07) is 2.30. The molecule has 7 nitrogen and oxygen atoms in total. The molecule has 2 N–H and O–H groups in total. The molecule has 0 aromatic carbocycles. The third-order valence-corrected chi connectivity index (χ3v) is 3.00. The lowest BCUT2D eigenvalue weighted by molar-refractivity contribution is -0.145. The van der Waals surface area contributed by atoms with Gasteiger partial charge in [0.2, 0.25) is 5.95 Å². The van der Waals surface area contributed by atoms with Gasteiger partial charge in [-0.05, 0) is 23.8 Å². The van der Waals surface area contributed by atoms with Crippen LogP contribution >= 0.6 is 0 Å². The molecule has 2 aromatic heterocycles. The zero-order valence-corrected chi connectivity index (χ0v) is 10.7. The number of halogens is 3. The molecule has 10 heteroatoms. The molecule has 3 rings (SSSR count). The highest BCUT2D eigenvalue weighted by Crippen LogP contribution is 2.33. The number of carboxylic acid groups (broad SMARTS) is 1. The Hall–Kier alpha value is -2.91. The van der Waals surface area contributed by atoms with E-state index in [0.717, 1.165) is 4.68 Å². The minimum absolute atomic E-state index is 0.268. The SMILES string of the molecule is O=C(O)C1=C[C@@H](c2ccncc2)n2nc(C(F)(F)F)nc2N1. The zero-order chi connectivity index (χ0) is 15.9. The number of hydrogen-bond donors (Lipinski definition) is 2. The second-order valence-electron chi connectivity index (χ2n) is 4.44. The van der Waals surface area contributed by atoms with Crippen molar-refractivity contribution in [3.8, 4) is 0 Å². The number of nitrogens with zero attached hydrogens (tertiary/aromatic N) is 4. The second kappa shape index (κ2) is 4.83. The number of alkyl halides is 3. The fourth-order valence-electron chi connectivity index (χ4n) is 2.04. The van der Waals surface area contributed by atoms with Crippen LogP contribution in [0.25, 0.3) is 0 Å². The van der Waals surface area contributed by atoms with Gasteiger partial charge in [0.25, 0.3) is 5.82 Å².